The van der Waals surface area contributed by atoms with E-state index in [1.165, 1.54) is 4.90 Å². The van der Waals surface area contributed by atoms with E-state index in [-0.39, 0.29) is 12.2 Å². The molecule has 8 heteroatoms. The van der Waals surface area contributed by atoms with E-state index in [1.807, 2.05) is 6.92 Å². The van der Waals surface area contributed by atoms with Crippen molar-refractivity contribution in [1.82, 2.24) is 10.3 Å². The number of anilines is 1. The Bertz CT molecular complexity index is 750. The molecule has 0 fully saturated rings. The van der Waals surface area contributed by atoms with Gasteiger partial charge in [0.05, 0.1) is 5.56 Å². The number of Topliss-reactive ketones (excluding diaryl/α,β-unsaturated/α-hetero) is 1. The van der Waals surface area contributed by atoms with Gasteiger partial charge in [-0.1, -0.05) is 6.92 Å². The number of hydrogen-bond acceptors (Lipinski definition) is 6. The molecule has 1 N–H and O–H groups in total. The molecule has 174 valence electrons. The molecule has 2 amide bonds. The Labute approximate surface area is 185 Å². The third kappa shape index (κ3) is 10.3. The second-order valence-electron chi connectivity index (χ2n) is 9.32. The summed E-state index contributed by atoms with van der Waals surface area (Å²) in [5.74, 6) is 0.209. The molecule has 1 heterocycles. The van der Waals surface area contributed by atoms with E-state index in [0.717, 1.165) is 0 Å². The minimum atomic E-state index is -0.650. The van der Waals surface area contributed by atoms with Crippen LogP contribution in [0.25, 0.3) is 0 Å². The van der Waals surface area contributed by atoms with Gasteiger partial charge in [0.25, 0.3) is 0 Å². The summed E-state index contributed by atoms with van der Waals surface area (Å²) < 4.78 is 10.7. The standard InChI is InChI=1S/C23H37N3O5/c1-8-16-26(21(29)31-23(5,6)7)19-17(12-11-15-24-19)18(27)13-9-10-14-25-20(28)30-22(2,3)4/h11-12,15H,8-10,13-14,16H2,1-7H3,(H,25,28). The number of alkyl carbamates (subject to hydrolysis) is 1. The van der Waals surface area contributed by atoms with Crippen molar-refractivity contribution >= 4 is 23.8 Å². The number of ether oxygens (including phenoxy) is 2. The summed E-state index contributed by atoms with van der Waals surface area (Å²) in [7, 11) is 0. The zero-order valence-electron chi connectivity index (χ0n) is 19.9. The van der Waals surface area contributed by atoms with Crippen LogP contribution in [0.2, 0.25) is 0 Å². The second-order valence-corrected chi connectivity index (χ2v) is 9.32. The number of hydrogen-bond donors (Lipinski definition) is 1. The predicted octanol–water partition coefficient (Wildman–Crippen LogP) is 5.11. The van der Waals surface area contributed by atoms with Gasteiger partial charge in [-0.3, -0.25) is 9.69 Å². The molecule has 1 aromatic heterocycles. The third-order valence-electron chi connectivity index (χ3n) is 3.90. The van der Waals surface area contributed by atoms with Gasteiger partial charge >= 0.3 is 12.2 Å². The summed E-state index contributed by atoms with van der Waals surface area (Å²) in [5, 5.41) is 2.68. The molecule has 8 nitrogen and oxygen atoms in total. The maximum Gasteiger partial charge on any atom is 0.416 e. The lowest BCUT2D eigenvalue weighted by Crippen LogP contribution is -2.38. The summed E-state index contributed by atoms with van der Waals surface area (Å²) in [6.45, 7) is 13.6. The van der Waals surface area contributed by atoms with Crippen molar-refractivity contribution in [3.8, 4) is 0 Å². The van der Waals surface area contributed by atoms with E-state index in [0.29, 0.717) is 43.7 Å². The van der Waals surface area contributed by atoms with Crippen molar-refractivity contribution in [2.75, 3.05) is 18.0 Å². The summed E-state index contributed by atoms with van der Waals surface area (Å²) in [6, 6.07) is 3.36. The fourth-order valence-corrected chi connectivity index (χ4v) is 2.70. The molecule has 1 aromatic rings. The number of pyridine rings is 1. The molecule has 0 spiro atoms. The monoisotopic (exact) mass is 435 g/mol. The van der Waals surface area contributed by atoms with Crippen LogP contribution in [-0.4, -0.2) is 47.2 Å². The first-order valence-corrected chi connectivity index (χ1v) is 10.8. The molecule has 0 radical (unpaired) electrons. The fourth-order valence-electron chi connectivity index (χ4n) is 2.70. The highest BCUT2D eigenvalue weighted by Gasteiger charge is 2.27. The van der Waals surface area contributed by atoms with E-state index >= 15 is 0 Å². The quantitative estimate of drug-likeness (QED) is 0.427. The Kier molecular flexibility index (Phi) is 9.94. The Morgan fingerprint density at radius 1 is 1.03 bits per heavy atom. The van der Waals surface area contributed by atoms with Crippen molar-refractivity contribution in [3.05, 3.63) is 23.9 Å². The number of carbonyl (C=O) groups is 3. The molecule has 0 aliphatic rings. The van der Waals surface area contributed by atoms with Crippen LogP contribution in [0.3, 0.4) is 0 Å². The molecule has 0 aliphatic heterocycles. The van der Waals surface area contributed by atoms with Crippen LogP contribution in [-0.2, 0) is 9.47 Å². The predicted molar refractivity (Wildman–Crippen MR) is 121 cm³/mol. The van der Waals surface area contributed by atoms with Crippen molar-refractivity contribution in [1.29, 1.82) is 0 Å². The van der Waals surface area contributed by atoms with Crippen LogP contribution in [0.15, 0.2) is 18.3 Å². The summed E-state index contributed by atoms with van der Waals surface area (Å²) >= 11 is 0. The number of nitrogens with one attached hydrogen (secondary N) is 1. The number of amides is 2. The van der Waals surface area contributed by atoms with Crippen LogP contribution >= 0.6 is 0 Å². The fraction of sp³-hybridized carbons (Fsp3) is 0.652. The first kappa shape index (κ1) is 26.4. The summed E-state index contributed by atoms with van der Waals surface area (Å²) in [5.41, 5.74) is -0.805. The second kappa shape index (κ2) is 11.7. The van der Waals surface area contributed by atoms with Gasteiger partial charge in [0.2, 0.25) is 0 Å². The molecule has 0 saturated heterocycles. The normalized spacial score (nSPS) is 11.6. The van der Waals surface area contributed by atoms with Gasteiger partial charge in [-0.05, 0) is 72.9 Å². The van der Waals surface area contributed by atoms with Gasteiger partial charge < -0.3 is 14.8 Å². The van der Waals surface area contributed by atoms with Gasteiger partial charge in [0, 0.05) is 25.7 Å². The smallest absolute Gasteiger partial charge is 0.416 e. The average Bonchev–Trinajstić information content (AvgIpc) is 2.62. The highest BCUT2D eigenvalue weighted by molar-refractivity contribution is 6.03. The van der Waals surface area contributed by atoms with Gasteiger partial charge in [-0.15, -0.1) is 0 Å². The Hall–Kier alpha value is -2.64. The SMILES string of the molecule is CCCN(C(=O)OC(C)(C)C)c1ncccc1C(=O)CCCCNC(=O)OC(C)(C)C. The van der Waals surface area contributed by atoms with Crippen molar-refractivity contribution < 1.29 is 23.9 Å². The van der Waals surface area contributed by atoms with E-state index in [1.54, 1.807) is 59.9 Å². The summed E-state index contributed by atoms with van der Waals surface area (Å²) in [4.78, 5) is 42.9. The minimum Gasteiger partial charge on any atom is -0.444 e. The maximum absolute atomic E-state index is 12.8. The molecular formula is C23H37N3O5. The van der Waals surface area contributed by atoms with Crippen molar-refractivity contribution in [3.63, 3.8) is 0 Å². The Morgan fingerprint density at radius 2 is 1.68 bits per heavy atom. The Morgan fingerprint density at radius 3 is 2.26 bits per heavy atom. The van der Waals surface area contributed by atoms with Gasteiger partial charge in [0.1, 0.15) is 17.0 Å². The largest absolute Gasteiger partial charge is 0.444 e. The van der Waals surface area contributed by atoms with E-state index in [9.17, 15) is 14.4 Å². The lowest BCUT2D eigenvalue weighted by atomic mass is 10.1. The average molecular weight is 436 g/mol. The third-order valence-corrected chi connectivity index (χ3v) is 3.90. The first-order chi connectivity index (χ1) is 14.3. The number of unbranched alkanes of at least 4 members (excludes halogenated alkanes) is 1. The van der Waals surface area contributed by atoms with Crippen LogP contribution < -0.4 is 10.2 Å². The molecule has 1 rings (SSSR count). The van der Waals surface area contributed by atoms with E-state index < -0.39 is 23.4 Å². The molecular weight excluding hydrogens is 398 g/mol. The van der Waals surface area contributed by atoms with Crippen molar-refractivity contribution in [2.45, 2.75) is 85.4 Å². The number of nitrogens with zero attached hydrogens (tertiary/aromatic N) is 2. The zero-order valence-corrected chi connectivity index (χ0v) is 19.9. The number of ketones is 1. The molecule has 31 heavy (non-hydrogen) atoms. The topological polar surface area (TPSA) is 97.8 Å². The summed E-state index contributed by atoms with van der Waals surface area (Å²) in [6.07, 6.45) is 2.76. The van der Waals surface area contributed by atoms with E-state index in [2.05, 4.69) is 10.3 Å². The highest BCUT2D eigenvalue weighted by Crippen LogP contribution is 2.22. The Balaban J connectivity index is 2.73. The molecule has 0 atom stereocenters. The number of aromatic nitrogens is 1. The number of rotatable bonds is 9. The van der Waals surface area contributed by atoms with Crippen LogP contribution in [0.5, 0.6) is 0 Å². The molecule has 0 aliphatic carbocycles. The minimum absolute atomic E-state index is 0.106. The molecule has 0 aromatic carbocycles. The first-order valence-electron chi connectivity index (χ1n) is 10.8. The van der Waals surface area contributed by atoms with Crippen LogP contribution in [0, 0.1) is 0 Å². The maximum atomic E-state index is 12.8. The molecule has 0 saturated carbocycles. The van der Waals surface area contributed by atoms with Crippen LogP contribution in [0.1, 0.15) is 84.5 Å². The van der Waals surface area contributed by atoms with Gasteiger partial charge in [0.15, 0.2) is 5.78 Å². The lowest BCUT2D eigenvalue weighted by molar-refractivity contribution is 0.0525. The molecule has 0 unspecified atom stereocenters. The van der Waals surface area contributed by atoms with Crippen LogP contribution in [0.4, 0.5) is 15.4 Å². The zero-order chi connectivity index (χ0) is 23.7. The van der Waals surface area contributed by atoms with Gasteiger partial charge in [-0.25, -0.2) is 14.6 Å². The van der Waals surface area contributed by atoms with Crippen molar-refractivity contribution in [2.24, 2.45) is 0 Å². The van der Waals surface area contributed by atoms with E-state index in [4.69, 9.17) is 9.47 Å². The number of carbonyl (C=O) groups excluding carboxylic acids is 3. The van der Waals surface area contributed by atoms with Gasteiger partial charge in [-0.2, -0.15) is 0 Å². The lowest BCUT2D eigenvalue weighted by Gasteiger charge is -2.27. The molecule has 0 bridgehead atoms. The highest BCUT2D eigenvalue weighted by atomic mass is 16.6.